The number of benzene rings is 2. The summed E-state index contributed by atoms with van der Waals surface area (Å²) in [6.07, 6.45) is 10.7. The summed E-state index contributed by atoms with van der Waals surface area (Å²) in [7, 11) is 0. The average Bonchev–Trinajstić information content (AvgIpc) is 3.55. The van der Waals surface area contributed by atoms with Crippen LogP contribution in [0.2, 0.25) is 0 Å². The summed E-state index contributed by atoms with van der Waals surface area (Å²) in [4.78, 5) is 4.88. The summed E-state index contributed by atoms with van der Waals surface area (Å²) in [5, 5.41) is 0. The molecular formula is C30H40N2. The minimum absolute atomic E-state index is 0.0922. The van der Waals surface area contributed by atoms with Gasteiger partial charge in [0.1, 0.15) is 0 Å². The van der Waals surface area contributed by atoms with Crippen molar-refractivity contribution in [1.82, 2.24) is 4.90 Å². The van der Waals surface area contributed by atoms with Crippen molar-refractivity contribution < 1.29 is 4.11 Å². The Morgan fingerprint density at radius 1 is 0.844 bits per heavy atom. The van der Waals surface area contributed by atoms with Gasteiger partial charge >= 0.3 is 0 Å². The Balaban J connectivity index is 1.62. The van der Waals surface area contributed by atoms with Crippen molar-refractivity contribution in [1.29, 1.82) is 0 Å². The van der Waals surface area contributed by atoms with Gasteiger partial charge < -0.3 is 4.90 Å². The van der Waals surface area contributed by atoms with Crippen molar-refractivity contribution in [2.24, 2.45) is 11.8 Å². The third-order valence-corrected chi connectivity index (χ3v) is 9.46. The van der Waals surface area contributed by atoms with Crippen molar-refractivity contribution in [3.63, 3.8) is 0 Å². The molecule has 2 heteroatoms. The van der Waals surface area contributed by atoms with Crippen LogP contribution in [0.4, 0.5) is 5.69 Å². The van der Waals surface area contributed by atoms with E-state index in [0.717, 1.165) is 11.3 Å². The molecule has 2 aromatic carbocycles. The lowest BCUT2D eigenvalue weighted by atomic mass is 9.64. The molecule has 170 valence electrons. The third kappa shape index (κ3) is 2.74. The molecule has 2 aromatic rings. The van der Waals surface area contributed by atoms with Crippen LogP contribution in [0.1, 0.15) is 98.4 Å². The predicted molar refractivity (Wildman–Crippen MR) is 134 cm³/mol. The van der Waals surface area contributed by atoms with Gasteiger partial charge in [0.25, 0.3) is 0 Å². The van der Waals surface area contributed by atoms with Crippen LogP contribution < -0.4 is 4.90 Å². The first-order valence-electron chi connectivity index (χ1n) is 14.6. The number of fused-ring (bicyclic) bond motifs is 3. The summed E-state index contributed by atoms with van der Waals surface area (Å²) >= 11 is 0. The molecule has 0 N–H and O–H groups in total. The van der Waals surface area contributed by atoms with Crippen molar-refractivity contribution in [3.8, 4) is 0 Å². The van der Waals surface area contributed by atoms with E-state index < -0.39 is 13.0 Å². The highest BCUT2D eigenvalue weighted by molar-refractivity contribution is 5.59. The van der Waals surface area contributed by atoms with Crippen LogP contribution in [0.15, 0.2) is 48.5 Å². The Bertz CT molecular complexity index is 1070. The maximum absolute atomic E-state index is 8.94. The molecule has 32 heavy (non-hydrogen) atoms. The Kier molecular flexibility index (Phi) is 4.36. The van der Waals surface area contributed by atoms with Crippen molar-refractivity contribution in [2.75, 3.05) is 4.90 Å². The first kappa shape index (κ1) is 17.6. The van der Waals surface area contributed by atoms with E-state index in [0.29, 0.717) is 11.8 Å². The molecule has 2 aliphatic carbocycles. The van der Waals surface area contributed by atoms with Crippen LogP contribution in [0.5, 0.6) is 0 Å². The molecule has 0 aromatic heterocycles. The highest BCUT2D eigenvalue weighted by Gasteiger charge is 2.64. The van der Waals surface area contributed by atoms with Gasteiger partial charge in [-0.25, -0.2) is 0 Å². The topological polar surface area (TPSA) is 6.48 Å². The number of para-hydroxylation sites is 1. The van der Waals surface area contributed by atoms with Crippen molar-refractivity contribution >= 4 is 5.69 Å². The normalized spacial score (nSPS) is 35.4. The van der Waals surface area contributed by atoms with Gasteiger partial charge in [-0.1, -0.05) is 74.6 Å². The van der Waals surface area contributed by atoms with Crippen molar-refractivity contribution in [2.45, 2.75) is 102 Å². The van der Waals surface area contributed by atoms with Gasteiger partial charge in [0, 0.05) is 15.8 Å². The summed E-state index contributed by atoms with van der Waals surface area (Å²) < 4.78 is 26.8. The molecule has 2 heterocycles. The van der Waals surface area contributed by atoms with E-state index in [-0.39, 0.29) is 17.6 Å². The molecule has 2 saturated carbocycles. The number of anilines is 1. The van der Waals surface area contributed by atoms with Gasteiger partial charge in [0.2, 0.25) is 0 Å². The zero-order chi connectivity index (χ0) is 24.4. The van der Waals surface area contributed by atoms with Gasteiger partial charge in [0.15, 0.2) is 0 Å². The Morgan fingerprint density at radius 2 is 1.47 bits per heavy atom. The standard InChI is InChI=1S/C30H40N2/c1-21-13-7-12-20-28(21)31-22(2)29-26-18-10-11-19-27(26)30(32(29)23(31)3,25-16-8-9-17-25)24-14-5-4-6-15-24/h7,10-13,18-20,22-25,29H,4-6,8-9,14-17H2,1-3H3/t22-,23?,29?,30?/m0/s1/i3D3. The molecule has 0 amide bonds. The van der Waals surface area contributed by atoms with Crippen LogP contribution in [0, 0.1) is 18.8 Å². The lowest BCUT2D eigenvalue weighted by Gasteiger charge is -2.52. The monoisotopic (exact) mass is 431 g/mol. The van der Waals surface area contributed by atoms with Crippen LogP contribution in [-0.2, 0) is 5.54 Å². The zero-order valence-corrected chi connectivity index (χ0v) is 19.8. The van der Waals surface area contributed by atoms with E-state index in [1.54, 1.807) is 0 Å². The van der Waals surface area contributed by atoms with Gasteiger partial charge in [-0.2, -0.15) is 0 Å². The molecule has 2 aliphatic heterocycles. The first-order valence-corrected chi connectivity index (χ1v) is 13.1. The third-order valence-electron chi connectivity index (χ3n) is 9.46. The molecule has 0 spiro atoms. The minimum atomic E-state index is -2.11. The smallest absolute Gasteiger partial charge is 0.0809 e. The average molecular weight is 432 g/mol. The Hall–Kier alpha value is -1.80. The number of aryl methyl sites for hydroxylation is 1. The maximum atomic E-state index is 8.94. The molecular weight excluding hydrogens is 388 g/mol. The molecule has 4 aliphatic rings. The van der Waals surface area contributed by atoms with E-state index in [2.05, 4.69) is 72.2 Å². The summed E-state index contributed by atoms with van der Waals surface area (Å²) in [6, 6.07) is 17.7. The minimum Gasteiger partial charge on any atom is -0.351 e. The Morgan fingerprint density at radius 3 is 2.16 bits per heavy atom. The molecule has 2 nitrogen and oxygen atoms in total. The molecule has 3 unspecified atom stereocenters. The largest absolute Gasteiger partial charge is 0.351 e. The van der Waals surface area contributed by atoms with Gasteiger partial charge in [-0.15, -0.1) is 0 Å². The molecule has 0 bridgehead atoms. The summed E-state index contributed by atoms with van der Waals surface area (Å²) in [5.74, 6) is 1.06. The Labute approximate surface area is 199 Å². The fourth-order valence-corrected chi connectivity index (χ4v) is 8.30. The van der Waals surface area contributed by atoms with Crippen LogP contribution in [-0.4, -0.2) is 17.1 Å². The highest BCUT2D eigenvalue weighted by Crippen LogP contribution is 2.64. The van der Waals surface area contributed by atoms with Crippen LogP contribution >= 0.6 is 0 Å². The number of hydrogen-bond donors (Lipinski definition) is 0. The second kappa shape index (κ2) is 7.90. The lowest BCUT2D eigenvalue weighted by Crippen LogP contribution is -2.56. The van der Waals surface area contributed by atoms with Crippen molar-refractivity contribution in [3.05, 3.63) is 65.2 Å². The van der Waals surface area contributed by atoms with Gasteiger partial charge in [-0.3, -0.25) is 4.90 Å². The summed E-state index contributed by atoms with van der Waals surface area (Å²) in [5.41, 5.74) is 4.92. The van der Waals surface area contributed by atoms with Crippen LogP contribution in [0.25, 0.3) is 0 Å². The molecule has 4 atom stereocenters. The lowest BCUT2D eigenvalue weighted by molar-refractivity contribution is -0.0487. The quantitative estimate of drug-likeness (QED) is 0.494. The first-order chi connectivity index (χ1) is 16.9. The maximum Gasteiger partial charge on any atom is 0.0809 e. The van der Waals surface area contributed by atoms with E-state index in [9.17, 15) is 0 Å². The fraction of sp³-hybridized carbons (Fsp3) is 0.600. The number of rotatable bonds is 3. The van der Waals surface area contributed by atoms with Crippen LogP contribution in [0.3, 0.4) is 0 Å². The SMILES string of the molecule is [2H]C([2H])([2H])C1N(c2ccccc2C)[C@@H](C)C2c3ccccc3C(C3CCCCC3)(C3CCCC3)N21. The van der Waals surface area contributed by atoms with Gasteiger partial charge in [0.05, 0.1) is 17.7 Å². The van der Waals surface area contributed by atoms with E-state index >= 15 is 0 Å². The molecule has 0 radical (unpaired) electrons. The van der Waals surface area contributed by atoms with E-state index in [1.807, 2.05) is 0 Å². The summed E-state index contributed by atoms with van der Waals surface area (Å²) in [6.45, 7) is 2.30. The fourth-order valence-electron chi connectivity index (χ4n) is 8.30. The van der Waals surface area contributed by atoms with E-state index in [1.165, 1.54) is 68.9 Å². The second-order valence-corrected chi connectivity index (χ2v) is 10.9. The molecule has 1 saturated heterocycles. The zero-order valence-electron chi connectivity index (χ0n) is 22.8. The highest BCUT2D eigenvalue weighted by atomic mass is 15.5. The number of hydrogen-bond acceptors (Lipinski definition) is 2. The van der Waals surface area contributed by atoms with E-state index in [4.69, 9.17) is 4.11 Å². The molecule has 6 rings (SSSR count). The predicted octanol–water partition coefficient (Wildman–Crippen LogP) is 7.57. The second-order valence-electron chi connectivity index (χ2n) is 10.9. The molecule has 3 fully saturated rings. The number of nitrogens with zero attached hydrogens (tertiary/aromatic N) is 2. The van der Waals surface area contributed by atoms with Gasteiger partial charge in [-0.05, 0) is 81.0 Å².